The number of hydrogen-bond donors (Lipinski definition) is 0. The van der Waals surface area contributed by atoms with Gasteiger partial charge >= 0.3 is 0 Å². The summed E-state index contributed by atoms with van der Waals surface area (Å²) in [7, 11) is 0. The van der Waals surface area contributed by atoms with Gasteiger partial charge in [0.25, 0.3) is 0 Å². The Balaban J connectivity index is 1.16. The van der Waals surface area contributed by atoms with Gasteiger partial charge in [-0.25, -0.2) is 0 Å². The molecule has 3 aliphatic carbocycles. The van der Waals surface area contributed by atoms with Crippen LogP contribution in [0.1, 0.15) is 63.9 Å². The maximum atomic E-state index is 2.48. The predicted molar refractivity (Wildman–Crippen MR) is 218 cm³/mol. The molecule has 0 heteroatoms. The molecule has 11 rings (SSSR count). The number of fused-ring (bicyclic) bond motifs is 14. The Labute approximate surface area is 305 Å². The van der Waals surface area contributed by atoms with Crippen molar-refractivity contribution >= 4 is 22.4 Å². The van der Waals surface area contributed by atoms with Crippen molar-refractivity contribution in [2.45, 2.75) is 24.7 Å². The Morgan fingerprint density at radius 3 is 1.62 bits per heavy atom. The molecule has 0 aromatic heterocycles. The molecule has 0 N–H and O–H groups in total. The van der Waals surface area contributed by atoms with Gasteiger partial charge in [-0.05, 0) is 112 Å². The molecule has 3 aliphatic rings. The van der Waals surface area contributed by atoms with Crippen molar-refractivity contribution in [1.82, 2.24) is 0 Å². The van der Waals surface area contributed by atoms with E-state index in [1.165, 1.54) is 99.8 Å². The Bertz CT molecular complexity index is 2770. The number of hydrogen-bond acceptors (Lipinski definition) is 0. The molecule has 0 radical (unpaired) electrons. The van der Waals surface area contributed by atoms with Crippen molar-refractivity contribution in [2.24, 2.45) is 0 Å². The maximum absolute atomic E-state index is 2.48. The molecule has 0 bridgehead atoms. The SMILES string of the molecule is CC1(C)c2ccccc2-c2ccc(C=C(c3ccc4c(c3)-c3ccccc3C43c4ccccc4-c4ccccc43)c3cccc4ccccc34)cc21. The first-order valence-corrected chi connectivity index (χ1v) is 18.4. The molecule has 1 spiro atoms. The summed E-state index contributed by atoms with van der Waals surface area (Å²) in [5, 5.41) is 2.52. The van der Waals surface area contributed by atoms with Crippen molar-refractivity contribution < 1.29 is 0 Å². The zero-order valence-corrected chi connectivity index (χ0v) is 29.3. The van der Waals surface area contributed by atoms with Gasteiger partial charge in [0.1, 0.15) is 0 Å². The molecule has 8 aromatic carbocycles. The van der Waals surface area contributed by atoms with Gasteiger partial charge in [-0.2, -0.15) is 0 Å². The summed E-state index contributed by atoms with van der Waals surface area (Å²) in [5.41, 5.74) is 20.8. The van der Waals surface area contributed by atoms with Crippen LogP contribution >= 0.6 is 0 Å². The summed E-state index contributed by atoms with van der Waals surface area (Å²) in [5.74, 6) is 0. The second-order valence-corrected chi connectivity index (χ2v) is 15.2. The largest absolute Gasteiger partial charge is 0.0725 e. The maximum Gasteiger partial charge on any atom is 0.0725 e. The van der Waals surface area contributed by atoms with Crippen molar-refractivity contribution in [1.29, 1.82) is 0 Å². The van der Waals surface area contributed by atoms with Crippen LogP contribution < -0.4 is 0 Å². The van der Waals surface area contributed by atoms with Crippen LogP contribution in [0.4, 0.5) is 0 Å². The highest BCUT2D eigenvalue weighted by molar-refractivity contribution is 6.04. The lowest BCUT2D eigenvalue weighted by molar-refractivity contribution is 0.660. The molecular weight excluding hydrogens is 625 g/mol. The van der Waals surface area contributed by atoms with Crippen LogP contribution in [-0.2, 0) is 10.8 Å². The van der Waals surface area contributed by atoms with E-state index in [-0.39, 0.29) is 10.8 Å². The monoisotopic (exact) mass is 660 g/mol. The average molecular weight is 661 g/mol. The zero-order chi connectivity index (χ0) is 34.6. The minimum Gasteiger partial charge on any atom is -0.0619 e. The van der Waals surface area contributed by atoms with Crippen molar-refractivity contribution in [3.63, 3.8) is 0 Å². The van der Waals surface area contributed by atoms with Gasteiger partial charge in [0.05, 0.1) is 5.41 Å². The molecular formula is C52H36. The third-order valence-corrected chi connectivity index (χ3v) is 12.3. The summed E-state index contributed by atoms with van der Waals surface area (Å²) < 4.78 is 0. The van der Waals surface area contributed by atoms with Crippen LogP contribution in [0, 0.1) is 0 Å². The molecule has 8 aromatic rings. The molecule has 0 atom stereocenters. The van der Waals surface area contributed by atoms with Gasteiger partial charge in [0.15, 0.2) is 0 Å². The molecule has 0 amide bonds. The second-order valence-electron chi connectivity index (χ2n) is 15.2. The third-order valence-electron chi connectivity index (χ3n) is 12.3. The molecule has 52 heavy (non-hydrogen) atoms. The third kappa shape index (κ3) is 3.82. The fourth-order valence-corrected chi connectivity index (χ4v) is 10.0. The number of benzene rings is 8. The van der Waals surface area contributed by atoms with E-state index in [9.17, 15) is 0 Å². The van der Waals surface area contributed by atoms with Crippen molar-refractivity contribution in [2.75, 3.05) is 0 Å². The van der Waals surface area contributed by atoms with Gasteiger partial charge in [-0.1, -0.05) is 184 Å². The first-order valence-electron chi connectivity index (χ1n) is 18.4. The molecule has 0 aliphatic heterocycles. The molecule has 0 heterocycles. The Morgan fingerprint density at radius 1 is 0.404 bits per heavy atom. The van der Waals surface area contributed by atoms with Crippen LogP contribution in [0.15, 0.2) is 176 Å². The van der Waals surface area contributed by atoms with Crippen LogP contribution in [0.2, 0.25) is 0 Å². The van der Waals surface area contributed by atoms with E-state index >= 15 is 0 Å². The highest BCUT2D eigenvalue weighted by atomic mass is 14.5. The predicted octanol–water partition coefficient (Wildman–Crippen LogP) is 13.1. The Kier molecular flexibility index (Phi) is 6.03. The summed E-state index contributed by atoms with van der Waals surface area (Å²) in [6.45, 7) is 4.73. The fraction of sp³-hybridized carbons (Fsp3) is 0.0769. The summed E-state index contributed by atoms with van der Waals surface area (Å²) in [6, 6.07) is 66.0. The van der Waals surface area contributed by atoms with Crippen LogP contribution in [0.3, 0.4) is 0 Å². The second kappa shape index (κ2) is 10.6. The van der Waals surface area contributed by atoms with Crippen molar-refractivity contribution in [3.05, 3.63) is 226 Å². The van der Waals surface area contributed by atoms with Gasteiger partial charge in [0.2, 0.25) is 0 Å². The first-order chi connectivity index (χ1) is 25.5. The van der Waals surface area contributed by atoms with E-state index in [1.807, 2.05) is 0 Å². The summed E-state index contributed by atoms with van der Waals surface area (Å²) >= 11 is 0. The van der Waals surface area contributed by atoms with Gasteiger partial charge < -0.3 is 0 Å². The average Bonchev–Trinajstić information content (AvgIpc) is 3.75. The lowest BCUT2D eigenvalue weighted by Gasteiger charge is -2.30. The minimum absolute atomic E-state index is 0.0607. The van der Waals surface area contributed by atoms with Crippen LogP contribution in [0.25, 0.3) is 55.8 Å². The number of rotatable bonds is 3. The smallest absolute Gasteiger partial charge is 0.0619 e. The van der Waals surface area contributed by atoms with E-state index in [4.69, 9.17) is 0 Å². The summed E-state index contributed by atoms with van der Waals surface area (Å²) in [6.07, 6.45) is 2.43. The van der Waals surface area contributed by atoms with Gasteiger partial charge in [-0.3, -0.25) is 0 Å². The highest BCUT2D eigenvalue weighted by Crippen LogP contribution is 2.63. The van der Waals surface area contributed by atoms with Gasteiger partial charge in [0, 0.05) is 5.41 Å². The summed E-state index contributed by atoms with van der Waals surface area (Å²) in [4.78, 5) is 0. The quantitative estimate of drug-likeness (QED) is 0.165. The molecule has 0 unspecified atom stereocenters. The van der Waals surface area contributed by atoms with E-state index in [0.29, 0.717) is 0 Å². The van der Waals surface area contributed by atoms with E-state index < -0.39 is 0 Å². The molecule has 0 saturated heterocycles. The topological polar surface area (TPSA) is 0 Å². The molecule has 0 fully saturated rings. The van der Waals surface area contributed by atoms with Crippen LogP contribution in [-0.4, -0.2) is 0 Å². The van der Waals surface area contributed by atoms with Gasteiger partial charge in [-0.15, -0.1) is 0 Å². The molecule has 244 valence electrons. The van der Waals surface area contributed by atoms with E-state index in [1.54, 1.807) is 0 Å². The Morgan fingerprint density at radius 2 is 0.923 bits per heavy atom. The van der Waals surface area contributed by atoms with Crippen molar-refractivity contribution in [3.8, 4) is 33.4 Å². The normalized spacial score (nSPS) is 15.2. The van der Waals surface area contributed by atoms with E-state index in [0.717, 1.165) is 0 Å². The van der Waals surface area contributed by atoms with E-state index in [2.05, 4.69) is 196 Å². The lowest BCUT2D eigenvalue weighted by Crippen LogP contribution is -2.25. The standard InChI is InChI=1S/C52H36/c1-51(2)45-22-9-5-17-38(45)42-28-26-33(31-50(42)51)30-43(37-21-13-15-34-14-3-4-16-36(34)37)35-27-29-49-44(32-35)41-20-8-12-25-48(41)52(49)46-23-10-6-18-39(46)40-19-7-11-24-47(40)52/h3-32H,1-2H3. The first kappa shape index (κ1) is 29.5. The lowest BCUT2D eigenvalue weighted by atomic mass is 9.70. The highest BCUT2D eigenvalue weighted by Gasteiger charge is 2.51. The minimum atomic E-state index is -0.346. The van der Waals surface area contributed by atoms with Crippen LogP contribution in [0.5, 0.6) is 0 Å². The fourth-order valence-electron chi connectivity index (χ4n) is 10.0. The zero-order valence-electron chi connectivity index (χ0n) is 29.3. The molecule has 0 nitrogen and oxygen atoms in total. The molecule has 0 saturated carbocycles. The Hall–Kier alpha value is -6.24.